The van der Waals surface area contributed by atoms with Crippen LogP contribution in [0.5, 0.6) is 5.75 Å². The number of carbonyl (C=O) groups excluding carboxylic acids is 1. The smallest absolute Gasteiger partial charge is 0.275 e. The predicted molar refractivity (Wildman–Crippen MR) is 108 cm³/mol. The fourth-order valence-electron chi connectivity index (χ4n) is 3.06. The quantitative estimate of drug-likeness (QED) is 0.145. The van der Waals surface area contributed by atoms with Crippen molar-refractivity contribution >= 4 is 17.5 Å². The first-order valence-electron chi connectivity index (χ1n) is 9.26. The van der Waals surface area contributed by atoms with Crippen LogP contribution in [0.25, 0.3) is 10.4 Å². The fourth-order valence-corrected chi connectivity index (χ4v) is 3.06. The molecule has 3 N–H and O–H groups in total. The van der Waals surface area contributed by atoms with Gasteiger partial charge in [-0.05, 0) is 35.4 Å². The lowest BCUT2D eigenvalue weighted by Gasteiger charge is -2.22. The molecule has 10 heteroatoms. The highest BCUT2D eigenvalue weighted by Crippen LogP contribution is 2.31. The molecule has 1 atom stereocenters. The van der Waals surface area contributed by atoms with Crippen LogP contribution in [0.4, 0.5) is 5.69 Å². The second-order valence-electron chi connectivity index (χ2n) is 6.62. The van der Waals surface area contributed by atoms with Crippen molar-refractivity contribution in [3.63, 3.8) is 0 Å². The monoisotopic (exact) mass is 411 g/mol. The lowest BCUT2D eigenvalue weighted by atomic mass is 9.91. The number of carbonyl (C=O) groups is 1. The molecule has 1 aliphatic rings. The molecule has 30 heavy (non-hydrogen) atoms. The highest BCUT2D eigenvalue weighted by atomic mass is 16.5. The molecule has 1 aliphatic heterocycles. The number of azide groups is 1. The summed E-state index contributed by atoms with van der Waals surface area (Å²) >= 11 is 0. The molecule has 0 radical (unpaired) electrons. The van der Waals surface area contributed by atoms with E-state index in [1.165, 1.54) is 0 Å². The van der Waals surface area contributed by atoms with Crippen LogP contribution in [-0.2, 0) is 16.0 Å². The number of amides is 1. The summed E-state index contributed by atoms with van der Waals surface area (Å²) in [6.07, 6.45) is 0.605. The van der Waals surface area contributed by atoms with Crippen LogP contribution in [0.2, 0.25) is 0 Å². The summed E-state index contributed by atoms with van der Waals surface area (Å²) in [4.78, 5) is 19.8. The van der Waals surface area contributed by atoms with Gasteiger partial charge in [0.15, 0.2) is 5.54 Å². The zero-order chi connectivity index (χ0) is 21.4. The van der Waals surface area contributed by atoms with E-state index in [1.807, 2.05) is 0 Å². The summed E-state index contributed by atoms with van der Waals surface area (Å²) in [6, 6.07) is 13.8. The highest BCUT2D eigenvalue weighted by Gasteiger charge is 2.44. The van der Waals surface area contributed by atoms with Crippen molar-refractivity contribution in [2.24, 2.45) is 10.1 Å². The number of hydrogen-bond donors (Lipinski definition) is 3. The number of rotatable bonds is 9. The topological polar surface area (TPSA) is 149 Å². The van der Waals surface area contributed by atoms with Crippen LogP contribution in [-0.4, -0.2) is 47.5 Å². The molecular weight excluding hydrogens is 390 g/mol. The van der Waals surface area contributed by atoms with E-state index >= 15 is 0 Å². The van der Waals surface area contributed by atoms with Crippen LogP contribution in [0, 0.1) is 0 Å². The van der Waals surface area contributed by atoms with Gasteiger partial charge < -0.3 is 14.6 Å². The molecular formula is C20H21N5O5. The molecule has 10 nitrogen and oxygen atoms in total. The Hall–Kier alpha value is -3.59. The van der Waals surface area contributed by atoms with Gasteiger partial charge in [-0.25, -0.2) is 10.5 Å². The number of aliphatic imine (C=N–C) groups is 1. The van der Waals surface area contributed by atoms with Crippen LogP contribution < -0.4 is 10.2 Å². The third kappa shape index (κ3) is 4.69. The second-order valence-corrected chi connectivity index (χ2v) is 6.62. The van der Waals surface area contributed by atoms with Crippen molar-refractivity contribution in [1.29, 1.82) is 0 Å². The molecule has 0 saturated carbocycles. The minimum atomic E-state index is -1.42. The third-order valence-electron chi connectivity index (χ3n) is 4.59. The first kappa shape index (κ1) is 21.1. The minimum Gasteiger partial charge on any atom is -0.494 e. The number of nitrogens with one attached hydrogen (secondary N) is 1. The van der Waals surface area contributed by atoms with Gasteiger partial charge in [0, 0.05) is 35.6 Å². The molecule has 1 heterocycles. The standard InChI is InChI=1S/C20H21N5O5/c21-25-23-17-5-2-1-4-15(17)12-20(19(27)24-28)13-30-18(22-20)14-6-8-16(9-7-14)29-11-3-10-26/h1-2,4-9,26,28H,3,10-13H2,(H,24,27)/t20-/m0/s1. The number of aliphatic hydroxyl groups excluding tert-OH is 1. The third-order valence-corrected chi connectivity index (χ3v) is 4.59. The van der Waals surface area contributed by atoms with Gasteiger partial charge in [0.2, 0.25) is 5.90 Å². The summed E-state index contributed by atoms with van der Waals surface area (Å²) in [7, 11) is 0. The number of ether oxygens (including phenoxy) is 2. The van der Waals surface area contributed by atoms with E-state index in [1.54, 1.807) is 54.0 Å². The van der Waals surface area contributed by atoms with Crippen molar-refractivity contribution < 1.29 is 24.6 Å². The van der Waals surface area contributed by atoms with Crippen molar-refractivity contribution in [3.05, 3.63) is 70.1 Å². The Morgan fingerprint density at radius 1 is 1.30 bits per heavy atom. The Bertz CT molecular complexity index is 972. The van der Waals surface area contributed by atoms with Crippen LogP contribution in [0.15, 0.2) is 58.6 Å². The highest BCUT2D eigenvalue weighted by molar-refractivity contribution is 6.00. The van der Waals surface area contributed by atoms with E-state index in [-0.39, 0.29) is 25.5 Å². The fraction of sp³-hybridized carbons (Fsp3) is 0.300. The summed E-state index contributed by atoms with van der Waals surface area (Å²) in [6.45, 7) is 0.367. The Morgan fingerprint density at radius 3 is 2.77 bits per heavy atom. The molecule has 0 aliphatic carbocycles. The van der Waals surface area contributed by atoms with E-state index in [0.717, 1.165) is 0 Å². The van der Waals surface area contributed by atoms with E-state index in [9.17, 15) is 10.0 Å². The van der Waals surface area contributed by atoms with Crippen molar-refractivity contribution in [3.8, 4) is 5.75 Å². The molecule has 0 fully saturated rings. The van der Waals surface area contributed by atoms with Gasteiger partial charge in [-0.1, -0.05) is 29.4 Å². The van der Waals surface area contributed by atoms with E-state index in [0.29, 0.717) is 35.6 Å². The number of benzene rings is 2. The Kier molecular flexibility index (Phi) is 6.87. The van der Waals surface area contributed by atoms with Gasteiger partial charge in [0.25, 0.3) is 5.91 Å². The van der Waals surface area contributed by atoms with Gasteiger partial charge in [-0.3, -0.25) is 10.0 Å². The van der Waals surface area contributed by atoms with E-state index in [2.05, 4.69) is 15.0 Å². The van der Waals surface area contributed by atoms with Crippen LogP contribution in [0.3, 0.4) is 0 Å². The molecule has 2 aromatic carbocycles. The molecule has 2 aromatic rings. The number of aliphatic hydroxyl groups is 1. The molecule has 0 bridgehead atoms. The Morgan fingerprint density at radius 2 is 2.07 bits per heavy atom. The van der Waals surface area contributed by atoms with Crippen molar-refractivity contribution in [1.82, 2.24) is 5.48 Å². The van der Waals surface area contributed by atoms with Crippen molar-refractivity contribution in [2.75, 3.05) is 19.8 Å². The maximum atomic E-state index is 12.5. The first-order valence-corrected chi connectivity index (χ1v) is 9.26. The van der Waals surface area contributed by atoms with Crippen LogP contribution >= 0.6 is 0 Å². The Balaban J connectivity index is 1.86. The predicted octanol–water partition coefficient (Wildman–Crippen LogP) is 2.65. The van der Waals surface area contributed by atoms with E-state index in [4.69, 9.17) is 20.1 Å². The average Bonchev–Trinajstić information content (AvgIpc) is 3.20. The molecule has 1 amide bonds. The van der Waals surface area contributed by atoms with Gasteiger partial charge in [0.05, 0.1) is 6.61 Å². The summed E-state index contributed by atoms with van der Waals surface area (Å²) in [5.74, 6) is 0.160. The lowest BCUT2D eigenvalue weighted by molar-refractivity contribution is -0.135. The molecule has 0 unspecified atom stereocenters. The first-order chi connectivity index (χ1) is 14.6. The zero-order valence-electron chi connectivity index (χ0n) is 16.1. The molecule has 156 valence electrons. The van der Waals surface area contributed by atoms with Gasteiger partial charge in [0.1, 0.15) is 12.4 Å². The number of hydrogen-bond acceptors (Lipinski definition) is 7. The molecule has 3 rings (SSSR count). The molecule has 0 spiro atoms. The van der Waals surface area contributed by atoms with Gasteiger partial charge in [-0.15, -0.1) is 0 Å². The largest absolute Gasteiger partial charge is 0.494 e. The summed E-state index contributed by atoms with van der Waals surface area (Å²) in [5, 5.41) is 21.7. The zero-order valence-corrected chi connectivity index (χ0v) is 16.1. The van der Waals surface area contributed by atoms with Crippen molar-refractivity contribution in [2.45, 2.75) is 18.4 Å². The molecule has 0 aromatic heterocycles. The number of hydroxylamine groups is 1. The molecule has 0 saturated heterocycles. The van der Waals surface area contributed by atoms with Gasteiger partial charge >= 0.3 is 0 Å². The normalized spacial score (nSPS) is 17.5. The SMILES string of the molecule is [N-]=[N+]=Nc1ccccc1C[C@@]1(C(=O)NO)COC(c2ccc(OCCCO)cc2)=N1. The van der Waals surface area contributed by atoms with Crippen LogP contribution in [0.1, 0.15) is 17.5 Å². The minimum absolute atomic E-state index is 0.0561. The average molecular weight is 411 g/mol. The summed E-state index contributed by atoms with van der Waals surface area (Å²) < 4.78 is 11.2. The Labute approximate surface area is 172 Å². The van der Waals surface area contributed by atoms with E-state index < -0.39 is 11.4 Å². The number of nitrogens with zero attached hydrogens (tertiary/aromatic N) is 4. The lowest BCUT2D eigenvalue weighted by Crippen LogP contribution is -2.47. The second kappa shape index (κ2) is 9.75. The maximum Gasteiger partial charge on any atom is 0.275 e. The van der Waals surface area contributed by atoms with Gasteiger partial charge in [-0.2, -0.15) is 0 Å². The maximum absolute atomic E-state index is 12.5. The summed E-state index contributed by atoms with van der Waals surface area (Å²) in [5.41, 5.74) is 10.6.